The fourth-order valence-electron chi connectivity index (χ4n) is 2.63. The summed E-state index contributed by atoms with van der Waals surface area (Å²) in [6.45, 7) is 3.10. The van der Waals surface area contributed by atoms with E-state index in [4.69, 9.17) is 10.00 Å². The third-order valence-electron chi connectivity index (χ3n) is 3.70. The first-order valence-electron chi connectivity index (χ1n) is 6.73. The van der Waals surface area contributed by atoms with E-state index in [-0.39, 0.29) is 0 Å². The SMILES string of the molecule is CNC1CCCN(Cc2ccc(OC)c(C#N)c2)C1. The summed E-state index contributed by atoms with van der Waals surface area (Å²) in [7, 11) is 3.62. The lowest BCUT2D eigenvalue weighted by atomic mass is 10.0. The summed E-state index contributed by atoms with van der Waals surface area (Å²) >= 11 is 0. The molecule has 1 unspecified atom stereocenters. The van der Waals surface area contributed by atoms with Crippen molar-refractivity contribution in [1.29, 1.82) is 5.26 Å². The van der Waals surface area contributed by atoms with Gasteiger partial charge in [-0.05, 0) is 44.1 Å². The van der Waals surface area contributed by atoms with Crippen molar-refractivity contribution in [2.24, 2.45) is 0 Å². The van der Waals surface area contributed by atoms with Gasteiger partial charge in [0.25, 0.3) is 0 Å². The van der Waals surface area contributed by atoms with Crippen molar-refractivity contribution < 1.29 is 4.74 Å². The molecular weight excluding hydrogens is 238 g/mol. The molecule has 1 fully saturated rings. The van der Waals surface area contributed by atoms with Gasteiger partial charge in [-0.1, -0.05) is 6.07 Å². The van der Waals surface area contributed by atoms with E-state index in [9.17, 15) is 0 Å². The van der Waals surface area contributed by atoms with E-state index in [1.54, 1.807) is 7.11 Å². The van der Waals surface area contributed by atoms with Crippen LogP contribution < -0.4 is 10.1 Å². The van der Waals surface area contributed by atoms with E-state index in [0.29, 0.717) is 17.4 Å². The normalized spacial score (nSPS) is 19.9. The molecule has 1 atom stereocenters. The lowest BCUT2D eigenvalue weighted by molar-refractivity contribution is 0.188. The Balaban J connectivity index is 2.05. The van der Waals surface area contributed by atoms with Crippen LogP contribution in [-0.2, 0) is 6.54 Å². The highest BCUT2D eigenvalue weighted by molar-refractivity contribution is 5.45. The quantitative estimate of drug-likeness (QED) is 0.895. The zero-order valence-electron chi connectivity index (χ0n) is 11.6. The van der Waals surface area contributed by atoms with Crippen LogP contribution in [0.15, 0.2) is 18.2 Å². The van der Waals surface area contributed by atoms with Gasteiger partial charge in [0.05, 0.1) is 12.7 Å². The van der Waals surface area contributed by atoms with Gasteiger partial charge in [-0.15, -0.1) is 0 Å². The smallest absolute Gasteiger partial charge is 0.136 e. The van der Waals surface area contributed by atoms with Crippen molar-refractivity contribution in [2.75, 3.05) is 27.2 Å². The third kappa shape index (κ3) is 3.46. The molecule has 19 heavy (non-hydrogen) atoms. The molecule has 0 saturated carbocycles. The maximum Gasteiger partial charge on any atom is 0.136 e. The van der Waals surface area contributed by atoms with Gasteiger partial charge in [0, 0.05) is 19.1 Å². The summed E-state index contributed by atoms with van der Waals surface area (Å²) in [5.74, 6) is 0.651. The first-order valence-corrected chi connectivity index (χ1v) is 6.73. The molecular formula is C15H21N3O. The fourth-order valence-corrected chi connectivity index (χ4v) is 2.63. The van der Waals surface area contributed by atoms with Crippen molar-refractivity contribution >= 4 is 0 Å². The van der Waals surface area contributed by atoms with Gasteiger partial charge in [-0.25, -0.2) is 0 Å². The Kier molecular flexibility index (Phi) is 4.78. The molecule has 1 saturated heterocycles. The van der Waals surface area contributed by atoms with Crippen LogP contribution in [0.5, 0.6) is 5.75 Å². The number of methoxy groups -OCH3 is 1. The van der Waals surface area contributed by atoms with Crippen LogP contribution in [0, 0.1) is 11.3 Å². The summed E-state index contributed by atoms with van der Waals surface area (Å²) in [6.07, 6.45) is 2.48. The van der Waals surface area contributed by atoms with Gasteiger partial charge >= 0.3 is 0 Å². The minimum absolute atomic E-state index is 0.586. The maximum absolute atomic E-state index is 9.11. The Morgan fingerprint density at radius 3 is 3.05 bits per heavy atom. The number of rotatable bonds is 4. The molecule has 1 N–H and O–H groups in total. The molecule has 0 spiro atoms. The van der Waals surface area contributed by atoms with Gasteiger partial charge in [-0.2, -0.15) is 5.26 Å². The second kappa shape index (κ2) is 6.55. The lowest BCUT2D eigenvalue weighted by Crippen LogP contribution is -2.43. The first kappa shape index (κ1) is 13.9. The molecule has 0 aliphatic carbocycles. The molecule has 2 rings (SSSR count). The number of hydrogen-bond donors (Lipinski definition) is 1. The lowest BCUT2D eigenvalue weighted by Gasteiger charge is -2.32. The number of nitrogens with zero attached hydrogens (tertiary/aromatic N) is 2. The summed E-state index contributed by atoms with van der Waals surface area (Å²) < 4.78 is 5.17. The molecule has 0 bridgehead atoms. The number of hydrogen-bond acceptors (Lipinski definition) is 4. The minimum Gasteiger partial charge on any atom is -0.495 e. The van der Waals surface area contributed by atoms with Crippen LogP contribution in [-0.4, -0.2) is 38.2 Å². The standard InChI is InChI=1S/C15H21N3O/c1-17-14-4-3-7-18(11-14)10-12-5-6-15(19-2)13(8-12)9-16/h5-6,8,14,17H,3-4,7,10-11H2,1-2H3. The van der Waals surface area contributed by atoms with Gasteiger partial charge in [-0.3, -0.25) is 4.90 Å². The summed E-state index contributed by atoms with van der Waals surface area (Å²) in [5, 5.41) is 12.5. The average Bonchev–Trinajstić information content (AvgIpc) is 2.47. The zero-order chi connectivity index (χ0) is 13.7. The van der Waals surface area contributed by atoms with Gasteiger partial charge in [0.2, 0.25) is 0 Å². The fraction of sp³-hybridized carbons (Fsp3) is 0.533. The molecule has 1 aromatic carbocycles. The Labute approximate surface area is 115 Å². The van der Waals surface area contributed by atoms with Gasteiger partial charge in [0.15, 0.2) is 0 Å². The van der Waals surface area contributed by atoms with Gasteiger partial charge < -0.3 is 10.1 Å². The number of piperidine rings is 1. The van der Waals surface area contributed by atoms with Crippen LogP contribution in [0.1, 0.15) is 24.0 Å². The van der Waals surface area contributed by atoms with E-state index < -0.39 is 0 Å². The molecule has 4 nitrogen and oxygen atoms in total. The Morgan fingerprint density at radius 2 is 2.37 bits per heavy atom. The number of likely N-dealkylation sites (tertiary alicyclic amines) is 1. The second-order valence-corrected chi connectivity index (χ2v) is 5.01. The Morgan fingerprint density at radius 1 is 1.53 bits per heavy atom. The number of likely N-dealkylation sites (N-methyl/N-ethyl adjacent to an activating group) is 1. The van der Waals surface area contributed by atoms with E-state index >= 15 is 0 Å². The average molecular weight is 259 g/mol. The Bertz CT molecular complexity index is 467. The molecule has 1 heterocycles. The number of benzene rings is 1. The molecule has 1 aliphatic rings. The van der Waals surface area contributed by atoms with Crippen molar-refractivity contribution in [1.82, 2.24) is 10.2 Å². The highest BCUT2D eigenvalue weighted by Gasteiger charge is 2.18. The third-order valence-corrected chi connectivity index (χ3v) is 3.70. The molecule has 0 aromatic heterocycles. The summed E-state index contributed by atoms with van der Waals surface area (Å²) in [5.41, 5.74) is 1.79. The highest BCUT2D eigenvalue weighted by Crippen LogP contribution is 2.21. The molecule has 1 aliphatic heterocycles. The molecule has 1 aromatic rings. The Hall–Kier alpha value is -1.57. The predicted molar refractivity (Wildman–Crippen MR) is 75.1 cm³/mol. The van der Waals surface area contributed by atoms with E-state index in [2.05, 4.69) is 16.3 Å². The molecule has 0 radical (unpaired) electrons. The second-order valence-electron chi connectivity index (χ2n) is 5.01. The van der Waals surface area contributed by atoms with Crippen LogP contribution in [0.3, 0.4) is 0 Å². The minimum atomic E-state index is 0.586. The van der Waals surface area contributed by atoms with Crippen LogP contribution in [0.25, 0.3) is 0 Å². The van der Waals surface area contributed by atoms with Crippen LogP contribution in [0.4, 0.5) is 0 Å². The van der Waals surface area contributed by atoms with E-state index in [1.807, 2.05) is 25.2 Å². The monoisotopic (exact) mass is 259 g/mol. The first-order chi connectivity index (χ1) is 9.26. The maximum atomic E-state index is 9.11. The summed E-state index contributed by atoms with van der Waals surface area (Å²) in [6, 6.07) is 8.63. The summed E-state index contributed by atoms with van der Waals surface area (Å²) in [4.78, 5) is 2.44. The molecule has 0 amide bonds. The highest BCUT2D eigenvalue weighted by atomic mass is 16.5. The van der Waals surface area contributed by atoms with E-state index in [0.717, 1.165) is 19.6 Å². The number of nitrogens with one attached hydrogen (secondary N) is 1. The number of nitriles is 1. The van der Waals surface area contributed by atoms with E-state index in [1.165, 1.54) is 18.4 Å². The van der Waals surface area contributed by atoms with Crippen molar-refractivity contribution in [3.05, 3.63) is 29.3 Å². The van der Waals surface area contributed by atoms with Crippen molar-refractivity contribution in [3.8, 4) is 11.8 Å². The van der Waals surface area contributed by atoms with Crippen LogP contribution >= 0.6 is 0 Å². The van der Waals surface area contributed by atoms with Crippen molar-refractivity contribution in [2.45, 2.75) is 25.4 Å². The van der Waals surface area contributed by atoms with Crippen molar-refractivity contribution in [3.63, 3.8) is 0 Å². The topological polar surface area (TPSA) is 48.3 Å². The largest absolute Gasteiger partial charge is 0.495 e. The zero-order valence-corrected chi connectivity index (χ0v) is 11.6. The molecule has 4 heteroatoms. The predicted octanol–water partition coefficient (Wildman–Crippen LogP) is 1.75. The van der Waals surface area contributed by atoms with Crippen LogP contribution in [0.2, 0.25) is 0 Å². The number of ether oxygens (including phenoxy) is 1. The van der Waals surface area contributed by atoms with Gasteiger partial charge in [0.1, 0.15) is 11.8 Å². The molecule has 102 valence electrons.